The molecule has 14 rings (SSSR count). The Labute approximate surface area is 604 Å². The van der Waals surface area contributed by atoms with Gasteiger partial charge in [-0.15, -0.1) is 0 Å². The maximum absolute atomic E-state index is 8.89. The van der Waals surface area contributed by atoms with E-state index in [0.717, 1.165) is 134 Å². The molecule has 6 bridgehead atoms. The standard InChI is InChI=1S/C88H110N8O2Si3/c1-7-9-11-13-15-17-19-21-23-25-27-29-31-33-35-45-55-99(3,4)97-101(98-100(5,6)56-46-36-34-32-30-28-26-24-22-20-18-16-14-12-10-8-2)95-85-77-61-69-51-41-42-52-70(69)62-78(77)87(95)93-83-75-59-67-49-39-40-50-68(67)60-76(75)84(90-83)94-88-80-64-72-54-44-43-53-71(72)63-79(80)86(96(88)101)92-82-74-58-66-48-38-37-47-65(66)57-73(74)81(89-82)91-85/h37-44,47-54,57-64H,7-36,45-46,55-56H2,1-6H3. The number of benzene rings is 8. The van der Waals surface area contributed by atoms with E-state index >= 15 is 0 Å². The Morgan fingerprint density at radius 3 is 0.792 bits per heavy atom. The van der Waals surface area contributed by atoms with Crippen molar-refractivity contribution in [3.8, 4) is 0 Å². The molecule has 0 spiro atoms. The predicted octanol–water partition coefficient (Wildman–Crippen LogP) is 25.0. The SMILES string of the molecule is CCCCCCCCCCCCCCCCCC[Si](C)(C)O[Si]1(O[Si](C)(C)CCCCCCCCCCCCCCCCCC)n2c3c4cc5ccccc5cc4c2N=C2N=C(N=c4c5cc6ccccc6cc5c(n41)=NC1=NC(=N3)c3cc4ccccc4cc31)c1cc3ccccc3cc12. The average Bonchev–Trinajstić information content (AvgIpc) is 1.53. The first kappa shape index (κ1) is 70.8. The quantitative estimate of drug-likeness (QED) is 0.0284. The molecule has 0 fully saturated rings. The van der Waals surface area contributed by atoms with Crippen molar-refractivity contribution in [3.63, 3.8) is 0 Å². The number of fused-ring (bicyclic) bond motifs is 18. The minimum absolute atomic E-state index is 0.611. The van der Waals surface area contributed by atoms with E-state index < -0.39 is 25.5 Å². The fourth-order valence-electron chi connectivity index (χ4n) is 16.6. The lowest BCUT2D eigenvalue weighted by Crippen LogP contribution is -2.70. The van der Waals surface area contributed by atoms with Gasteiger partial charge in [-0.05, 0) is 130 Å². The third-order valence-electron chi connectivity index (χ3n) is 22.2. The van der Waals surface area contributed by atoms with Crippen molar-refractivity contribution in [1.82, 2.24) is 8.47 Å². The first-order valence-corrected chi connectivity index (χ1v) is 47.8. The molecule has 0 amide bonds. The van der Waals surface area contributed by atoms with E-state index in [1.807, 2.05) is 0 Å². The Bertz CT molecular complexity index is 4590. The third kappa shape index (κ3) is 16.0. The molecule has 4 aliphatic rings. The highest BCUT2D eigenvalue weighted by Crippen LogP contribution is 2.47. The highest BCUT2D eigenvalue weighted by molar-refractivity contribution is 6.88. The van der Waals surface area contributed by atoms with Crippen LogP contribution in [0.15, 0.2) is 176 Å². The average molecular weight is 1400 g/mol. The summed E-state index contributed by atoms with van der Waals surface area (Å²) >= 11 is 0. The topological polar surface area (TPSA) is 102 Å². The van der Waals surface area contributed by atoms with Crippen LogP contribution < -0.4 is 11.0 Å². The first-order chi connectivity index (χ1) is 49.5. The van der Waals surface area contributed by atoms with Crippen molar-refractivity contribution in [2.45, 2.75) is 258 Å². The van der Waals surface area contributed by atoms with Crippen LogP contribution in [-0.2, 0) is 8.23 Å². The molecule has 0 radical (unpaired) electrons. The van der Waals surface area contributed by atoms with Gasteiger partial charge in [0.25, 0.3) is 0 Å². The smallest absolute Gasteiger partial charge is 0.404 e. The van der Waals surface area contributed by atoms with Crippen LogP contribution >= 0.6 is 0 Å². The van der Waals surface area contributed by atoms with Gasteiger partial charge in [-0.3, -0.25) is 8.47 Å². The highest BCUT2D eigenvalue weighted by Gasteiger charge is 2.58. The van der Waals surface area contributed by atoms with Gasteiger partial charge in [0, 0.05) is 43.8 Å². The molecular formula is C88H110N8O2Si3. The van der Waals surface area contributed by atoms with Crippen LogP contribution in [0.5, 0.6) is 0 Å². The summed E-state index contributed by atoms with van der Waals surface area (Å²) in [6.07, 6.45) is 42.6. The summed E-state index contributed by atoms with van der Waals surface area (Å²) in [5, 5.41) is 12.8. The zero-order chi connectivity index (χ0) is 69.2. The van der Waals surface area contributed by atoms with E-state index in [9.17, 15) is 0 Å². The van der Waals surface area contributed by atoms with Gasteiger partial charge < -0.3 is 8.23 Å². The lowest BCUT2D eigenvalue weighted by molar-refractivity contribution is 0.332. The maximum atomic E-state index is 8.89. The molecule has 0 saturated carbocycles. The van der Waals surface area contributed by atoms with Gasteiger partial charge in [-0.25, -0.2) is 30.0 Å². The Balaban J connectivity index is 0.906. The molecule has 0 N–H and O–H groups in total. The monoisotopic (exact) mass is 1390 g/mol. The van der Waals surface area contributed by atoms with Crippen molar-refractivity contribution < 1.29 is 8.23 Å². The summed E-state index contributed by atoms with van der Waals surface area (Å²) in [5.74, 6) is 3.88. The fraction of sp³-hybridized carbons (Fsp3) is 0.455. The summed E-state index contributed by atoms with van der Waals surface area (Å²) in [6.45, 7) is 14.5. The summed E-state index contributed by atoms with van der Waals surface area (Å²) in [6, 6.07) is 55.1. The predicted molar refractivity (Wildman–Crippen MR) is 437 cm³/mol. The number of amidine groups is 4. The molecule has 8 aromatic carbocycles. The van der Waals surface area contributed by atoms with E-state index in [2.05, 4.69) is 194 Å². The third-order valence-corrected chi connectivity index (χ3v) is 33.9. The largest absolute Gasteiger partial charge is 0.582 e. The Hall–Kier alpha value is -7.27. The molecule has 10 nitrogen and oxygen atoms in total. The van der Waals surface area contributed by atoms with Crippen LogP contribution in [0, 0.1) is 0 Å². The van der Waals surface area contributed by atoms with Crippen LogP contribution in [0.1, 0.15) is 242 Å². The van der Waals surface area contributed by atoms with E-state index in [1.54, 1.807) is 0 Å². The fourth-order valence-corrected chi connectivity index (χ4v) is 29.3. The molecule has 10 aromatic rings. The Kier molecular flexibility index (Phi) is 22.8. The van der Waals surface area contributed by atoms with Crippen molar-refractivity contribution >= 4 is 125 Å². The van der Waals surface area contributed by atoms with Crippen LogP contribution in [0.25, 0.3) is 64.6 Å². The highest BCUT2D eigenvalue weighted by atomic mass is 28.5. The Morgan fingerprint density at radius 1 is 0.277 bits per heavy atom. The van der Waals surface area contributed by atoms with Gasteiger partial charge in [-0.2, -0.15) is 0 Å². The minimum Gasteiger partial charge on any atom is -0.404 e. The van der Waals surface area contributed by atoms with E-state index in [-0.39, 0.29) is 0 Å². The minimum atomic E-state index is -4.50. The molecule has 0 unspecified atom stereocenters. The van der Waals surface area contributed by atoms with Crippen molar-refractivity contribution in [2.24, 2.45) is 30.0 Å². The van der Waals surface area contributed by atoms with Gasteiger partial charge in [-0.1, -0.05) is 316 Å². The van der Waals surface area contributed by atoms with E-state index in [0.29, 0.717) is 23.3 Å². The molecule has 0 aliphatic carbocycles. The Morgan fingerprint density at radius 2 is 0.515 bits per heavy atom. The molecular weight excluding hydrogens is 1290 g/mol. The molecule has 13 heteroatoms. The maximum Gasteiger partial charge on any atom is 0.582 e. The molecule has 0 saturated heterocycles. The van der Waals surface area contributed by atoms with Crippen molar-refractivity contribution in [1.29, 1.82) is 0 Å². The van der Waals surface area contributed by atoms with Crippen molar-refractivity contribution in [2.75, 3.05) is 0 Å². The second-order valence-electron chi connectivity index (χ2n) is 31.3. The van der Waals surface area contributed by atoms with Gasteiger partial charge in [0.05, 0.1) is 0 Å². The first-order valence-electron chi connectivity index (χ1n) is 39.9. The van der Waals surface area contributed by atoms with Crippen LogP contribution in [0.4, 0.5) is 11.6 Å². The molecule has 4 aliphatic heterocycles. The number of hydrogen-bond acceptors (Lipinski definition) is 8. The van der Waals surface area contributed by atoms with Crippen molar-refractivity contribution in [3.05, 3.63) is 179 Å². The number of unbranched alkanes of at least 4 members (excludes halogenated alkanes) is 30. The van der Waals surface area contributed by atoms with Crippen LogP contribution in [-0.4, -0.2) is 57.3 Å². The van der Waals surface area contributed by atoms with Gasteiger partial charge >= 0.3 is 8.88 Å². The van der Waals surface area contributed by atoms with Gasteiger partial charge in [0.15, 0.2) is 40.0 Å². The van der Waals surface area contributed by atoms with Crippen LogP contribution in [0.2, 0.25) is 38.3 Å². The zero-order valence-electron chi connectivity index (χ0n) is 61.8. The lowest BCUT2D eigenvalue weighted by Gasteiger charge is -2.43. The van der Waals surface area contributed by atoms with Crippen LogP contribution in [0.3, 0.4) is 0 Å². The second kappa shape index (κ2) is 32.6. The van der Waals surface area contributed by atoms with E-state index in [4.69, 9.17) is 38.2 Å². The molecule has 2 aromatic heterocycles. The number of aromatic nitrogens is 2. The van der Waals surface area contributed by atoms with Gasteiger partial charge in [0.2, 0.25) is 0 Å². The summed E-state index contributed by atoms with van der Waals surface area (Å²) in [7, 11) is -10.2. The number of aliphatic imine (C=N–C) groups is 4. The number of nitrogens with zero attached hydrogens (tertiary/aromatic N) is 8. The summed E-state index contributed by atoms with van der Waals surface area (Å²) < 4.78 is 22.6. The summed E-state index contributed by atoms with van der Waals surface area (Å²) in [5.41, 5.74) is 5.21. The molecule has 526 valence electrons. The number of rotatable bonds is 38. The molecule has 6 heterocycles. The summed E-state index contributed by atoms with van der Waals surface area (Å²) in [4.78, 5) is 35.6. The molecule has 101 heavy (non-hydrogen) atoms. The lowest BCUT2D eigenvalue weighted by atomic mass is 10.0. The number of hydrogen-bond donors (Lipinski definition) is 0. The second-order valence-corrected chi connectivity index (χ2v) is 43.0. The molecule has 0 atom stereocenters. The normalized spacial score (nSPS) is 14.6. The zero-order valence-corrected chi connectivity index (χ0v) is 64.8. The van der Waals surface area contributed by atoms with Gasteiger partial charge in [0.1, 0.15) is 22.6 Å². The van der Waals surface area contributed by atoms with E-state index in [1.165, 1.54) is 193 Å².